The van der Waals surface area contributed by atoms with E-state index in [0.717, 1.165) is 12.8 Å². The van der Waals surface area contributed by atoms with E-state index in [1.54, 1.807) is 0 Å². The molecule has 0 amide bonds. The number of halogens is 1. The van der Waals surface area contributed by atoms with Crippen LogP contribution in [0.25, 0.3) is 0 Å². The molecule has 136 valence electrons. The van der Waals surface area contributed by atoms with Crippen molar-refractivity contribution >= 4 is 35.9 Å². The zero-order valence-corrected chi connectivity index (χ0v) is 19.7. The number of alkyl halides is 1. The molecular weight excluding hydrogens is 431 g/mol. The number of benzene rings is 1. The van der Waals surface area contributed by atoms with E-state index in [2.05, 4.69) is 110 Å². The average Bonchev–Trinajstić information content (AvgIpc) is 2.58. The number of allylic oxidation sites excluding steroid dienone is 4. The summed E-state index contributed by atoms with van der Waals surface area (Å²) in [6, 6.07) is 10.8. The zero-order chi connectivity index (χ0) is 18.7. The molecule has 0 aromatic heterocycles. The molecule has 0 saturated heterocycles. The van der Waals surface area contributed by atoms with Crippen LogP contribution in [0.5, 0.6) is 0 Å². The highest BCUT2D eigenvalue weighted by Gasteiger charge is 2.20. The van der Waals surface area contributed by atoms with Crippen molar-refractivity contribution in [3.63, 3.8) is 0 Å². The predicted molar refractivity (Wildman–Crippen MR) is 125 cm³/mol. The Labute approximate surface area is 170 Å². The van der Waals surface area contributed by atoms with E-state index in [1.165, 1.54) is 33.6 Å². The van der Waals surface area contributed by atoms with Gasteiger partial charge in [0.05, 0.1) is 0 Å². The molecule has 0 heterocycles. The summed E-state index contributed by atoms with van der Waals surface area (Å²) in [6.45, 7) is 11.3. The van der Waals surface area contributed by atoms with Gasteiger partial charge in [0, 0.05) is 10.3 Å². The van der Waals surface area contributed by atoms with Gasteiger partial charge in [0.1, 0.15) is 0 Å². The van der Waals surface area contributed by atoms with Crippen LogP contribution in [-0.2, 0) is 0 Å². The van der Waals surface area contributed by atoms with Crippen LogP contribution in [0.4, 0.5) is 0 Å². The minimum atomic E-state index is -1.65. The lowest BCUT2D eigenvalue weighted by atomic mass is 10.0. The second-order valence-corrected chi connectivity index (χ2v) is 12.7. The van der Waals surface area contributed by atoms with E-state index in [4.69, 9.17) is 0 Å². The third kappa shape index (κ3) is 9.46. The van der Waals surface area contributed by atoms with Gasteiger partial charge in [-0.15, -0.1) is 11.5 Å². The van der Waals surface area contributed by atoms with Gasteiger partial charge in [-0.1, -0.05) is 89.3 Å². The summed E-state index contributed by atoms with van der Waals surface area (Å²) in [5.41, 5.74) is 6.60. The second kappa shape index (κ2) is 11.8. The van der Waals surface area contributed by atoms with Gasteiger partial charge in [-0.05, 0) is 51.6 Å². The minimum absolute atomic E-state index is 0.491. The topological polar surface area (TPSA) is 0 Å². The van der Waals surface area contributed by atoms with Crippen molar-refractivity contribution < 1.29 is 0 Å². The van der Waals surface area contributed by atoms with Crippen molar-refractivity contribution in [2.75, 3.05) is 4.43 Å². The molecule has 0 aliphatic carbocycles. The average molecular weight is 465 g/mol. The monoisotopic (exact) mass is 464 g/mol. The molecule has 0 saturated carbocycles. The van der Waals surface area contributed by atoms with Crippen molar-refractivity contribution in [3.05, 3.63) is 53.6 Å². The van der Waals surface area contributed by atoms with Gasteiger partial charge < -0.3 is 0 Å². The Kier molecular flexibility index (Phi) is 10.5. The Morgan fingerprint density at radius 3 is 2.40 bits per heavy atom. The maximum atomic E-state index is 3.69. The number of rotatable bonds is 8. The van der Waals surface area contributed by atoms with Gasteiger partial charge in [0.25, 0.3) is 0 Å². The molecule has 25 heavy (non-hydrogen) atoms. The van der Waals surface area contributed by atoms with E-state index < -0.39 is 8.07 Å². The lowest BCUT2D eigenvalue weighted by Gasteiger charge is -2.16. The van der Waals surface area contributed by atoms with E-state index in [9.17, 15) is 0 Å². The molecule has 0 fully saturated rings. The van der Waals surface area contributed by atoms with Gasteiger partial charge in [0.15, 0.2) is 8.07 Å². The molecule has 0 bridgehead atoms. The van der Waals surface area contributed by atoms with Gasteiger partial charge in [-0.25, -0.2) is 0 Å². The normalized spacial score (nSPS) is 13.0. The predicted octanol–water partition coefficient (Wildman–Crippen LogP) is 6.67. The molecule has 1 aromatic rings. The summed E-state index contributed by atoms with van der Waals surface area (Å²) in [5, 5.41) is 1.43. The van der Waals surface area contributed by atoms with Crippen LogP contribution in [0.2, 0.25) is 13.1 Å². The number of hydrogen-bond donors (Lipinski definition) is 0. The van der Waals surface area contributed by atoms with Crippen molar-refractivity contribution in [1.29, 1.82) is 0 Å². The molecule has 1 rings (SSSR count). The van der Waals surface area contributed by atoms with Gasteiger partial charge >= 0.3 is 0 Å². The lowest BCUT2D eigenvalue weighted by molar-refractivity contribution is 0.668. The summed E-state index contributed by atoms with van der Waals surface area (Å²) in [7, 11) is -1.65. The third-order valence-electron chi connectivity index (χ3n) is 4.38. The SMILES string of the molecule is CC(C)=CCC/C(C)=C/CC(C#C[Si](C)(C)c1ccccc1)CCI. The van der Waals surface area contributed by atoms with Gasteiger partial charge in [0.2, 0.25) is 0 Å². The minimum Gasteiger partial charge on any atom is -0.126 e. The maximum absolute atomic E-state index is 3.69. The summed E-state index contributed by atoms with van der Waals surface area (Å²) in [5.74, 6) is 4.13. The van der Waals surface area contributed by atoms with Crippen LogP contribution < -0.4 is 5.19 Å². The second-order valence-electron chi connectivity index (χ2n) is 7.54. The molecule has 0 aliphatic rings. The Morgan fingerprint density at radius 1 is 1.12 bits per heavy atom. The fourth-order valence-corrected chi connectivity index (χ4v) is 5.11. The van der Waals surface area contributed by atoms with Crippen molar-refractivity contribution in [2.24, 2.45) is 5.92 Å². The first-order chi connectivity index (χ1) is 11.8. The summed E-state index contributed by atoms with van der Waals surface area (Å²) in [4.78, 5) is 0. The standard InChI is InChI=1S/C23H33ISi/c1-20(2)10-9-11-21(3)14-15-22(16-18-24)17-19-25(4,5)23-12-7-6-8-13-23/h6-8,10,12-14,22H,9,11,15-16,18H2,1-5H3/b21-14+. The maximum Gasteiger partial charge on any atom is 0.162 e. The first kappa shape index (κ1) is 22.2. The molecular formula is C23H33ISi. The smallest absolute Gasteiger partial charge is 0.126 e. The molecule has 0 spiro atoms. The molecule has 0 N–H and O–H groups in total. The summed E-state index contributed by atoms with van der Waals surface area (Å²) in [6.07, 6.45) is 9.34. The first-order valence-electron chi connectivity index (χ1n) is 9.28. The number of hydrogen-bond acceptors (Lipinski definition) is 0. The van der Waals surface area contributed by atoms with Crippen LogP contribution in [0.3, 0.4) is 0 Å². The van der Waals surface area contributed by atoms with E-state index in [0.29, 0.717) is 5.92 Å². The summed E-state index contributed by atoms with van der Waals surface area (Å²) >= 11 is 2.48. The Bertz CT molecular complexity index is 625. The highest BCUT2D eigenvalue weighted by atomic mass is 127. The Balaban J connectivity index is 2.73. The van der Waals surface area contributed by atoms with Crippen LogP contribution in [0.1, 0.15) is 46.5 Å². The lowest BCUT2D eigenvalue weighted by Crippen LogP contribution is -2.40. The third-order valence-corrected chi connectivity index (χ3v) is 7.55. The molecule has 0 nitrogen and oxygen atoms in total. The van der Waals surface area contributed by atoms with Crippen LogP contribution in [0, 0.1) is 17.4 Å². The van der Waals surface area contributed by atoms with E-state index >= 15 is 0 Å². The molecule has 0 radical (unpaired) electrons. The zero-order valence-electron chi connectivity index (χ0n) is 16.5. The van der Waals surface area contributed by atoms with Crippen molar-refractivity contribution in [1.82, 2.24) is 0 Å². The molecule has 1 atom stereocenters. The van der Waals surface area contributed by atoms with Crippen LogP contribution >= 0.6 is 22.6 Å². The molecule has 0 aliphatic heterocycles. The van der Waals surface area contributed by atoms with E-state index in [-0.39, 0.29) is 0 Å². The largest absolute Gasteiger partial charge is 0.162 e. The summed E-state index contributed by atoms with van der Waals surface area (Å²) < 4.78 is 1.18. The first-order valence-corrected chi connectivity index (χ1v) is 13.8. The highest BCUT2D eigenvalue weighted by Crippen LogP contribution is 2.15. The van der Waals surface area contributed by atoms with Crippen molar-refractivity contribution in [2.45, 2.75) is 59.5 Å². The quantitative estimate of drug-likeness (QED) is 0.133. The van der Waals surface area contributed by atoms with Gasteiger partial charge in [-0.2, -0.15) is 0 Å². The fraction of sp³-hybridized carbons (Fsp3) is 0.478. The van der Waals surface area contributed by atoms with Gasteiger partial charge in [-0.3, -0.25) is 0 Å². The van der Waals surface area contributed by atoms with Crippen molar-refractivity contribution in [3.8, 4) is 11.5 Å². The molecule has 1 unspecified atom stereocenters. The van der Waals surface area contributed by atoms with E-state index in [1.807, 2.05) is 0 Å². The van der Waals surface area contributed by atoms with Crippen LogP contribution in [-0.4, -0.2) is 12.5 Å². The molecule has 2 heteroatoms. The molecule has 1 aromatic carbocycles. The Morgan fingerprint density at radius 2 is 1.80 bits per heavy atom. The Hall–Kier alpha value is -0.793. The fourth-order valence-electron chi connectivity index (χ4n) is 2.62. The van der Waals surface area contributed by atoms with Crippen LogP contribution in [0.15, 0.2) is 53.6 Å². The highest BCUT2D eigenvalue weighted by molar-refractivity contribution is 14.1.